The molecule has 2 aromatic rings. The lowest BCUT2D eigenvalue weighted by Crippen LogP contribution is -2.44. The van der Waals surface area contributed by atoms with Crippen LogP contribution in [0.25, 0.3) is 0 Å². The zero-order chi connectivity index (χ0) is 23.0. The van der Waals surface area contributed by atoms with E-state index in [-0.39, 0.29) is 24.8 Å². The van der Waals surface area contributed by atoms with Gasteiger partial charge in [0, 0.05) is 43.9 Å². The van der Waals surface area contributed by atoms with E-state index in [9.17, 15) is 9.90 Å². The highest BCUT2D eigenvalue weighted by atomic mass is 16.7. The van der Waals surface area contributed by atoms with E-state index in [0.29, 0.717) is 12.2 Å². The predicted molar refractivity (Wildman–Crippen MR) is 125 cm³/mol. The van der Waals surface area contributed by atoms with Crippen molar-refractivity contribution in [1.29, 1.82) is 0 Å². The SMILES string of the molecule is CCNC(=O)Nc1ccc([C@@H]2O[C@H](CN3CCOCC3)C[C@H](c3ccc(CO)cc3)O2)cc1. The molecule has 8 nitrogen and oxygen atoms in total. The van der Waals surface area contributed by atoms with Crippen molar-refractivity contribution >= 4 is 11.7 Å². The predicted octanol–water partition coefficient (Wildman–Crippen LogP) is 3.20. The highest BCUT2D eigenvalue weighted by Gasteiger charge is 2.33. The highest BCUT2D eigenvalue weighted by molar-refractivity contribution is 5.89. The maximum Gasteiger partial charge on any atom is 0.319 e. The number of morpholine rings is 1. The molecule has 2 fully saturated rings. The molecule has 0 spiro atoms. The molecule has 2 saturated heterocycles. The van der Waals surface area contributed by atoms with Gasteiger partial charge in [-0.3, -0.25) is 4.90 Å². The number of urea groups is 1. The molecule has 178 valence electrons. The van der Waals surface area contributed by atoms with Gasteiger partial charge in [-0.2, -0.15) is 0 Å². The standard InChI is InChI=1S/C25H33N3O5/c1-2-26-25(30)27-21-9-7-20(8-10-21)24-32-22(16-28-11-13-31-14-12-28)15-23(33-24)19-5-3-18(17-29)4-6-19/h3-10,22-24,29H,2,11-17H2,1H3,(H2,26,27,30)/t22-,23+,24+/m0/s1. The molecule has 33 heavy (non-hydrogen) atoms. The average molecular weight is 456 g/mol. The number of nitrogens with zero attached hydrogens (tertiary/aromatic N) is 1. The number of ether oxygens (including phenoxy) is 3. The van der Waals surface area contributed by atoms with Crippen molar-refractivity contribution in [2.45, 2.75) is 38.4 Å². The van der Waals surface area contributed by atoms with Crippen LogP contribution in [0.15, 0.2) is 48.5 Å². The first-order valence-electron chi connectivity index (χ1n) is 11.6. The second-order valence-corrected chi connectivity index (χ2v) is 8.37. The van der Waals surface area contributed by atoms with Crippen LogP contribution in [0.3, 0.4) is 0 Å². The number of hydrogen-bond acceptors (Lipinski definition) is 6. The van der Waals surface area contributed by atoms with Crippen molar-refractivity contribution in [1.82, 2.24) is 10.2 Å². The summed E-state index contributed by atoms with van der Waals surface area (Å²) in [4.78, 5) is 14.2. The zero-order valence-electron chi connectivity index (χ0n) is 19.0. The van der Waals surface area contributed by atoms with Crippen LogP contribution in [0.5, 0.6) is 0 Å². The number of anilines is 1. The molecule has 2 heterocycles. The maximum atomic E-state index is 11.8. The summed E-state index contributed by atoms with van der Waals surface area (Å²) in [6.45, 7) is 6.60. The lowest BCUT2D eigenvalue weighted by atomic mass is 9.99. The Balaban J connectivity index is 1.49. The second kappa shape index (κ2) is 11.6. The van der Waals surface area contributed by atoms with E-state index in [1.807, 2.05) is 55.5 Å². The van der Waals surface area contributed by atoms with E-state index >= 15 is 0 Å². The van der Waals surface area contributed by atoms with E-state index < -0.39 is 6.29 Å². The summed E-state index contributed by atoms with van der Waals surface area (Å²) in [7, 11) is 0. The molecule has 2 aliphatic heterocycles. The number of rotatable bonds is 7. The van der Waals surface area contributed by atoms with Crippen LogP contribution in [0.1, 0.15) is 42.4 Å². The number of nitrogens with one attached hydrogen (secondary N) is 2. The number of carbonyl (C=O) groups is 1. The summed E-state index contributed by atoms with van der Waals surface area (Å²) in [5.74, 6) is 0. The van der Waals surface area contributed by atoms with Crippen LogP contribution in [0, 0.1) is 0 Å². The molecule has 3 N–H and O–H groups in total. The molecule has 0 aromatic heterocycles. The van der Waals surface area contributed by atoms with Crippen LogP contribution in [-0.2, 0) is 20.8 Å². The molecular weight excluding hydrogens is 422 g/mol. The lowest BCUT2D eigenvalue weighted by Gasteiger charge is -2.39. The fourth-order valence-corrected chi connectivity index (χ4v) is 4.16. The van der Waals surface area contributed by atoms with E-state index in [1.54, 1.807) is 0 Å². The lowest BCUT2D eigenvalue weighted by molar-refractivity contribution is -0.253. The average Bonchev–Trinajstić information content (AvgIpc) is 2.85. The second-order valence-electron chi connectivity index (χ2n) is 8.37. The molecular formula is C25H33N3O5. The summed E-state index contributed by atoms with van der Waals surface area (Å²) in [5.41, 5.74) is 3.56. The van der Waals surface area contributed by atoms with Crippen LogP contribution in [0.2, 0.25) is 0 Å². The van der Waals surface area contributed by atoms with E-state index in [1.165, 1.54) is 0 Å². The van der Waals surface area contributed by atoms with Gasteiger partial charge in [-0.05, 0) is 30.2 Å². The minimum absolute atomic E-state index is 0.0116. The fraction of sp³-hybridized carbons (Fsp3) is 0.480. The number of amides is 2. The van der Waals surface area contributed by atoms with Crippen LogP contribution < -0.4 is 10.6 Å². The summed E-state index contributed by atoms with van der Waals surface area (Å²) in [5, 5.41) is 14.9. The number of aliphatic hydroxyl groups is 1. The minimum Gasteiger partial charge on any atom is -0.392 e. The van der Waals surface area contributed by atoms with Gasteiger partial charge in [-0.25, -0.2) is 4.79 Å². The summed E-state index contributed by atoms with van der Waals surface area (Å²) < 4.78 is 18.3. The fourth-order valence-electron chi connectivity index (χ4n) is 4.16. The monoisotopic (exact) mass is 455 g/mol. The Morgan fingerprint density at radius 3 is 2.39 bits per heavy atom. The molecule has 2 aliphatic rings. The van der Waals surface area contributed by atoms with Crippen LogP contribution in [-0.4, -0.2) is 61.5 Å². The summed E-state index contributed by atoms with van der Waals surface area (Å²) >= 11 is 0. The largest absolute Gasteiger partial charge is 0.392 e. The third kappa shape index (κ3) is 6.52. The van der Waals surface area contributed by atoms with Crippen LogP contribution >= 0.6 is 0 Å². The van der Waals surface area contributed by atoms with Gasteiger partial charge >= 0.3 is 6.03 Å². The van der Waals surface area contributed by atoms with Crippen molar-refractivity contribution < 1.29 is 24.1 Å². The molecule has 0 bridgehead atoms. The molecule has 2 amide bonds. The number of aliphatic hydroxyl groups excluding tert-OH is 1. The summed E-state index contributed by atoms with van der Waals surface area (Å²) in [6.07, 6.45) is 0.141. The molecule has 0 aliphatic carbocycles. The maximum absolute atomic E-state index is 11.8. The first-order valence-corrected chi connectivity index (χ1v) is 11.6. The molecule has 0 saturated carbocycles. The first-order chi connectivity index (χ1) is 16.1. The normalized spacial score (nSPS) is 23.8. The number of carbonyl (C=O) groups excluding carboxylic acids is 1. The quantitative estimate of drug-likeness (QED) is 0.594. The van der Waals surface area contributed by atoms with Gasteiger partial charge in [0.2, 0.25) is 0 Å². The van der Waals surface area contributed by atoms with E-state index in [0.717, 1.165) is 56.0 Å². The van der Waals surface area contributed by atoms with Crippen molar-refractivity contribution in [3.05, 3.63) is 65.2 Å². The van der Waals surface area contributed by atoms with Gasteiger partial charge in [-0.15, -0.1) is 0 Å². The van der Waals surface area contributed by atoms with E-state index in [2.05, 4.69) is 15.5 Å². The Kier molecular flexibility index (Phi) is 8.30. The van der Waals surface area contributed by atoms with Gasteiger partial charge in [0.15, 0.2) is 6.29 Å². The van der Waals surface area contributed by atoms with Crippen molar-refractivity contribution in [3.8, 4) is 0 Å². The smallest absolute Gasteiger partial charge is 0.319 e. The van der Waals surface area contributed by atoms with Gasteiger partial charge < -0.3 is 30.0 Å². The topological polar surface area (TPSA) is 92.3 Å². The summed E-state index contributed by atoms with van der Waals surface area (Å²) in [6, 6.07) is 15.2. The molecule has 3 atom stereocenters. The van der Waals surface area contributed by atoms with E-state index in [4.69, 9.17) is 14.2 Å². The Hall–Kier alpha value is -2.49. The first kappa shape index (κ1) is 23.7. The molecule has 4 rings (SSSR count). The Morgan fingerprint density at radius 1 is 1.03 bits per heavy atom. The number of hydrogen-bond donors (Lipinski definition) is 3. The van der Waals surface area contributed by atoms with Crippen LogP contribution in [0.4, 0.5) is 10.5 Å². The minimum atomic E-state index is -0.508. The van der Waals surface area contributed by atoms with Gasteiger partial charge in [-0.1, -0.05) is 36.4 Å². The molecule has 8 heteroatoms. The van der Waals surface area contributed by atoms with Crippen molar-refractivity contribution in [2.75, 3.05) is 44.7 Å². The highest BCUT2D eigenvalue weighted by Crippen LogP contribution is 2.38. The van der Waals surface area contributed by atoms with Gasteiger partial charge in [0.1, 0.15) is 0 Å². The third-order valence-electron chi connectivity index (χ3n) is 5.96. The Morgan fingerprint density at radius 2 is 1.73 bits per heavy atom. The molecule has 0 radical (unpaired) electrons. The zero-order valence-corrected chi connectivity index (χ0v) is 19.0. The molecule has 2 aromatic carbocycles. The van der Waals surface area contributed by atoms with Gasteiger partial charge in [0.05, 0.1) is 32.0 Å². The number of benzene rings is 2. The Bertz CT molecular complexity index is 884. The molecule has 0 unspecified atom stereocenters. The van der Waals surface area contributed by atoms with Crippen molar-refractivity contribution in [2.24, 2.45) is 0 Å². The van der Waals surface area contributed by atoms with Gasteiger partial charge in [0.25, 0.3) is 0 Å². The Labute approximate surface area is 194 Å². The third-order valence-corrected chi connectivity index (χ3v) is 5.96. The van der Waals surface area contributed by atoms with Crippen molar-refractivity contribution in [3.63, 3.8) is 0 Å².